The zero-order valence-electron chi connectivity index (χ0n) is 24.1. The Hall–Kier alpha value is -4.48. The fourth-order valence-corrected chi connectivity index (χ4v) is 5.01. The van der Waals surface area contributed by atoms with Crippen molar-refractivity contribution in [1.82, 2.24) is 31.2 Å². The number of carbonyl (C=O) groups excluding carboxylic acids is 5. The first-order valence-electron chi connectivity index (χ1n) is 14.2. The van der Waals surface area contributed by atoms with Gasteiger partial charge in [-0.2, -0.15) is 0 Å². The van der Waals surface area contributed by atoms with Crippen LogP contribution >= 0.6 is 0 Å². The van der Waals surface area contributed by atoms with Crippen LogP contribution in [-0.2, 0) is 36.9 Å². The van der Waals surface area contributed by atoms with Gasteiger partial charge in [-0.05, 0) is 61.1 Å². The standard InChI is InChI=1S/C30H38N6O6/c1-18(2)26-30(41)36-14-4-5-24(36)29(40)33-19(3)27(38)34-23(28(39)32-16-21-10-12-31-13-11-21)15-20-6-8-22(9-7-20)42-17-25(37)35-26/h6-13,18-19,23-24,26H,4-5,14-17H2,1-3H3,(H,32,39)(H,33,40)(H,34,38)(H,35,37)/t19-,23-,24-,26+/m0/s1. The summed E-state index contributed by atoms with van der Waals surface area (Å²) in [6.07, 6.45) is 4.47. The Bertz CT molecular complexity index is 1280. The van der Waals surface area contributed by atoms with E-state index in [1.165, 1.54) is 11.8 Å². The molecule has 0 unspecified atom stereocenters. The maximum Gasteiger partial charge on any atom is 0.258 e. The SMILES string of the molecule is CC(C)[C@H]1NC(=O)COc2ccc(cc2)C[C@@H](C(=O)NCc2ccncc2)NC(=O)[C@H](C)NC(=O)[C@@H]2CCCN2C1=O. The van der Waals surface area contributed by atoms with Crippen LogP contribution in [0.4, 0.5) is 0 Å². The van der Waals surface area contributed by atoms with E-state index in [1.54, 1.807) is 48.8 Å². The Balaban J connectivity index is 1.57. The number of nitrogens with one attached hydrogen (secondary N) is 4. The number of benzene rings is 1. The van der Waals surface area contributed by atoms with Crippen molar-refractivity contribution < 1.29 is 28.7 Å². The highest BCUT2D eigenvalue weighted by molar-refractivity contribution is 5.96. The Labute approximate surface area is 245 Å². The van der Waals surface area contributed by atoms with Gasteiger partial charge in [0.25, 0.3) is 5.91 Å². The van der Waals surface area contributed by atoms with Gasteiger partial charge >= 0.3 is 0 Å². The Kier molecular flexibility index (Phi) is 10.1. The van der Waals surface area contributed by atoms with Gasteiger partial charge in [0.15, 0.2) is 6.61 Å². The molecule has 1 saturated heterocycles. The summed E-state index contributed by atoms with van der Waals surface area (Å²) in [6, 6.07) is 6.88. The number of carbonyl (C=O) groups is 5. The maximum absolute atomic E-state index is 13.5. The Morgan fingerprint density at radius 3 is 2.43 bits per heavy atom. The second kappa shape index (κ2) is 13.9. The van der Waals surface area contributed by atoms with E-state index in [9.17, 15) is 24.0 Å². The molecule has 0 spiro atoms. The third-order valence-electron chi connectivity index (χ3n) is 7.42. The summed E-state index contributed by atoms with van der Waals surface area (Å²) >= 11 is 0. The van der Waals surface area contributed by atoms with Crippen LogP contribution in [0.2, 0.25) is 0 Å². The smallest absolute Gasteiger partial charge is 0.258 e. The highest BCUT2D eigenvalue weighted by atomic mass is 16.5. The first-order chi connectivity index (χ1) is 20.1. The van der Waals surface area contributed by atoms with E-state index in [-0.39, 0.29) is 31.4 Å². The lowest BCUT2D eigenvalue weighted by molar-refractivity contribution is -0.143. The van der Waals surface area contributed by atoms with Crippen LogP contribution in [0.3, 0.4) is 0 Å². The Morgan fingerprint density at radius 1 is 1.02 bits per heavy atom. The second-order valence-corrected chi connectivity index (χ2v) is 11.0. The lowest BCUT2D eigenvalue weighted by Crippen LogP contribution is -2.58. The summed E-state index contributed by atoms with van der Waals surface area (Å²) in [5.41, 5.74) is 1.60. The maximum atomic E-state index is 13.5. The molecule has 2 bridgehead atoms. The van der Waals surface area contributed by atoms with Crippen molar-refractivity contribution >= 4 is 29.5 Å². The van der Waals surface area contributed by atoms with E-state index in [2.05, 4.69) is 26.3 Å². The average molecular weight is 579 g/mol. The number of hydrogen-bond acceptors (Lipinski definition) is 7. The largest absolute Gasteiger partial charge is 0.484 e. The molecule has 5 rings (SSSR count). The van der Waals surface area contributed by atoms with E-state index in [0.717, 1.165) is 11.1 Å². The monoisotopic (exact) mass is 578 g/mol. The van der Waals surface area contributed by atoms with Gasteiger partial charge in [-0.1, -0.05) is 26.0 Å². The van der Waals surface area contributed by atoms with E-state index >= 15 is 0 Å². The van der Waals surface area contributed by atoms with Crippen LogP contribution in [0.15, 0.2) is 48.8 Å². The summed E-state index contributed by atoms with van der Waals surface area (Å²) in [4.78, 5) is 71.3. The molecule has 1 fully saturated rings. The van der Waals surface area contributed by atoms with Crippen molar-refractivity contribution in [2.45, 2.75) is 70.7 Å². The van der Waals surface area contributed by atoms with Gasteiger partial charge in [-0.25, -0.2) is 0 Å². The molecule has 3 aliphatic rings. The van der Waals surface area contributed by atoms with Crippen LogP contribution in [0.1, 0.15) is 44.7 Å². The minimum Gasteiger partial charge on any atom is -0.484 e. The summed E-state index contributed by atoms with van der Waals surface area (Å²) in [7, 11) is 0. The highest BCUT2D eigenvalue weighted by Crippen LogP contribution is 2.21. The molecular weight excluding hydrogens is 540 g/mol. The predicted molar refractivity (Wildman–Crippen MR) is 153 cm³/mol. The topological polar surface area (TPSA) is 159 Å². The van der Waals surface area contributed by atoms with Gasteiger partial charge in [0.2, 0.25) is 23.6 Å². The molecule has 4 N–H and O–H groups in total. The van der Waals surface area contributed by atoms with Crippen molar-refractivity contribution in [3.63, 3.8) is 0 Å². The molecule has 0 saturated carbocycles. The normalized spacial score (nSPS) is 24.0. The van der Waals surface area contributed by atoms with Gasteiger partial charge in [-0.15, -0.1) is 0 Å². The summed E-state index contributed by atoms with van der Waals surface area (Å²) in [5.74, 6) is -2.01. The first kappa shape index (κ1) is 30.5. The molecule has 1 aromatic heterocycles. The average Bonchev–Trinajstić information content (AvgIpc) is 3.48. The molecule has 0 aliphatic carbocycles. The molecule has 224 valence electrons. The van der Waals surface area contributed by atoms with Gasteiger partial charge < -0.3 is 30.9 Å². The molecule has 0 radical (unpaired) electrons. The zero-order valence-corrected chi connectivity index (χ0v) is 24.1. The molecule has 5 amide bonds. The molecule has 12 heteroatoms. The van der Waals surface area contributed by atoms with Crippen molar-refractivity contribution in [2.24, 2.45) is 5.92 Å². The van der Waals surface area contributed by atoms with Crippen LogP contribution < -0.4 is 26.0 Å². The number of pyridine rings is 1. The van der Waals surface area contributed by atoms with Crippen molar-refractivity contribution in [2.75, 3.05) is 13.2 Å². The van der Waals surface area contributed by atoms with Crippen LogP contribution in [-0.4, -0.2) is 76.7 Å². The van der Waals surface area contributed by atoms with E-state index in [4.69, 9.17) is 4.74 Å². The fourth-order valence-electron chi connectivity index (χ4n) is 5.01. The molecule has 2 aromatic rings. The van der Waals surface area contributed by atoms with Crippen molar-refractivity contribution in [1.29, 1.82) is 0 Å². The number of nitrogens with zero attached hydrogens (tertiary/aromatic N) is 2. The fraction of sp³-hybridized carbons (Fsp3) is 0.467. The number of ether oxygens (including phenoxy) is 1. The van der Waals surface area contributed by atoms with Gasteiger partial charge in [0.1, 0.15) is 29.9 Å². The summed E-state index contributed by atoms with van der Waals surface area (Å²) < 4.78 is 5.64. The van der Waals surface area contributed by atoms with Crippen LogP contribution in [0.25, 0.3) is 0 Å². The van der Waals surface area contributed by atoms with Crippen LogP contribution in [0, 0.1) is 5.92 Å². The van der Waals surface area contributed by atoms with E-state index < -0.39 is 47.8 Å². The van der Waals surface area contributed by atoms with Crippen LogP contribution in [0.5, 0.6) is 5.75 Å². The minimum atomic E-state index is -0.969. The molecule has 4 heterocycles. The molecule has 1 aromatic carbocycles. The number of hydrogen-bond donors (Lipinski definition) is 4. The molecule has 3 aliphatic heterocycles. The second-order valence-electron chi connectivity index (χ2n) is 11.0. The zero-order chi connectivity index (χ0) is 30.2. The lowest BCUT2D eigenvalue weighted by Gasteiger charge is -2.31. The lowest BCUT2D eigenvalue weighted by atomic mass is 10.0. The van der Waals surface area contributed by atoms with Crippen molar-refractivity contribution in [3.05, 3.63) is 59.9 Å². The predicted octanol–water partition coefficient (Wildman–Crippen LogP) is 0.454. The first-order valence-corrected chi connectivity index (χ1v) is 14.2. The molecule has 4 atom stereocenters. The molecule has 12 nitrogen and oxygen atoms in total. The number of fused-ring (bicyclic) bond motifs is 13. The van der Waals surface area contributed by atoms with E-state index in [1.807, 2.05) is 13.8 Å². The van der Waals surface area contributed by atoms with Gasteiger partial charge in [0, 0.05) is 31.9 Å². The highest BCUT2D eigenvalue weighted by Gasteiger charge is 2.39. The third kappa shape index (κ3) is 7.83. The number of aromatic nitrogens is 1. The third-order valence-corrected chi connectivity index (χ3v) is 7.42. The summed E-state index contributed by atoms with van der Waals surface area (Å²) in [5, 5.41) is 11.1. The Morgan fingerprint density at radius 2 is 1.74 bits per heavy atom. The van der Waals surface area contributed by atoms with E-state index in [0.29, 0.717) is 25.1 Å². The molecular formula is C30H38N6O6. The van der Waals surface area contributed by atoms with Gasteiger partial charge in [0.05, 0.1) is 0 Å². The minimum absolute atomic E-state index is 0.177. The van der Waals surface area contributed by atoms with Gasteiger partial charge in [-0.3, -0.25) is 29.0 Å². The number of amides is 5. The molecule has 42 heavy (non-hydrogen) atoms. The number of rotatable bonds is 4. The summed E-state index contributed by atoms with van der Waals surface area (Å²) in [6.45, 7) is 5.48. The van der Waals surface area contributed by atoms with Crippen molar-refractivity contribution in [3.8, 4) is 5.75 Å². The quantitative estimate of drug-likeness (QED) is 0.410.